The monoisotopic (exact) mass is 479 g/mol. The molecule has 0 fully saturated rings. The first-order valence-corrected chi connectivity index (χ1v) is 12.0. The summed E-state index contributed by atoms with van der Waals surface area (Å²) < 4.78 is 36.2. The van der Waals surface area contributed by atoms with Crippen LogP contribution in [0.4, 0.5) is 5.95 Å². The van der Waals surface area contributed by atoms with E-state index in [1.807, 2.05) is 19.9 Å². The number of rotatable bonds is 9. The van der Waals surface area contributed by atoms with Crippen molar-refractivity contribution in [2.75, 3.05) is 11.8 Å². The fraction of sp³-hybridized carbons (Fsp3) is 0.450. The molecule has 10 nitrogen and oxygen atoms in total. The fourth-order valence-corrected chi connectivity index (χ4v) is 4.56. The van der Waals surface area contributed by atoms with Crippen molar-refractivity contribution < 1.29 is 13.2 Å². The summed E-state index contributed by atoms with van der Waals surface area (Å²) in [6, 6.07) is 1.90. The zero-order valence-corrected chi connectivity index (χ0v) is 20.1. The van der Waals surface area contributed by atoms with Crippen LogP contribution in [-0.4, -0.2) is 50.5 Å². The van der Waals surface area contributed by atoms with Crippen molar-refractivity contribution >= 4 is 27.6 Å². The molecule has 3 heterocycles. The van der Waals surface area contributed by atoms with Crippen molar-refractivity contribution in [2.45, 2.75) is 51.5 Å². The lowest BCUT2D eigenvalue weighted by Gasteiger charge is -2.22. The third kappa shape index (κ3) is 5.05. The number of methoxy groups -OCH3 is 1. The molecule has 0 aliphatic heterocycles. The van der Waals surface area contributed by atoms with E-state index >= 15 is 0 Å². The molecule has 0 aliphatic rings. The van der Waals surface area contributed by atoms with Crippen molar-refractivity contribution in [2.24, 2.45) is 0 Å². The van der Waals surface area contributed by atoms with Crippen LogP contribution >= 0.6 is 11.6 Å². The van der Waals surface area contributed by atoms with Gasteiger partial charge in [0.15, 0.2) is 5.82 Å². The molecule has 172 valence electrons. The van der Waals surface area contributed by atoms with Gasteiger partial charge in [0, 0.05) is 43.4 Å². The molecule has 0 amide bonds. The van der Waals surface area contributed by atoms with Crippen molar-refractivity contribution in [3.05, 3.63) is 47.3 Å². The molecule has 3 aromatic rings. The molecule has 32 heavy (non-hydrogen) atoms. The summed E-state index contributed by atoms with van der Waals surface area (Å²) in [4.78, 5) is 12.5. The summed E-state index contributed by atoms with van der Waals surface area (Å²) in [5, 5.41) is 7.86. The molecule has 0 saturated carbocycles. The van der Waals surface area contributed by atoms with Crippen LogP contribution in [0.2, 0.25) is 5.02 Å². The molecule has 12 heteroatoms. The Morgan fingerprint density at radius 3 is 2.44 bits per heavy atom. The highest BCUT2D eigenvalue weighted by Crippen LogP contribution is 2.29. The van der Waals surface area contributed by atoms with Crippen molar-refractivity contribution in [1.82, 2.24) is 29.7 Å². The average Bonchev–Trinajstić information content (AvgIpc) is 3.17. The molecule has 0 saturated heterocycles. The van der Waals surface area contributed by atoms with Gasteiger partial charge in [0.2, 0.25) is 16.0 Å². The lowest BCUT2D eigenvalue weighted by atomic mass is 10.1. The first-order valence-electron chi connectivity index (χ1n) is 10.1. The lowest BCUT2D eigenvalue weighted by molar-refractivity contribution is 0.0438. The number of ether oxygens (including phenoxy) is 1. The molecule has 0 aromatic carbocycles. The second-order valence-corrected chi connectivity index (χ2v) is 9.94. The summed E-state index contributed by atoms with van der Waals surface area (Å²) in [6.07, 6.45) is 6.35. The maximum atomic E-state index is 13.2. The number of anilines is 1. The lowest BCUT2D eigenvalue weighted by Crippen LogP contribution is -2.32. The number of nitrogens with one attached hydrogen (secondary N) is 1. The molecule has 3 rings (SSSR count). The quantitative estimate of drug-likeness (QED) is 0.493. The highest BCUT2D eigenvalue weighted by molar-refractivity contribution is 7.93. The normalized spacial score (nSPS) is 14.7. The Morgan fingerprint density at radius 1 is 1.16 bits per heavy atom. The molecule has 1 unspecified atom stereocenters. The summed E-state index contributed by atoms with van der Waals surface area (Å²) in [5.74, 6) is 0.398. The van der Waals surface area contributed by atoms with Gasteiger partial charge in [0.25, 0.3) is 0 Å². The minimum atomic E-state index is -3.88. The maximum Gasteiger partial charge on any atom is 0.240 e. The third-order valence-corrected chi connectivity index (χ3v) is 7.26. The molecule has 3 atom stereocenters. The number of hydrogen-bond donors (Lipinski definition) is 1. The molecule has 0 radical (unpaired) electrons. The smallest absolute Gasteiger partial charge is 0.240 e. The highest BCUT2D eigenvalue weighted by atomic mass is 35.5. The zero-order chi connectivity index (χ0) is 23.5. The van der Waals surface area contributed by atoms with Crippen LogP contribution in [0.1, 0.15) is 50.7 Å². The zero-order valence-electron chi connectivity index (χ0n) is 18.5. The predicted octanol–water partition coefficient (Wildman–Crippen LogP) is 3.58. The maximum absolute atomic E-state index is 13.2. The summed E-state index contributed by atoms with van der Waals surface area (Å²) >= 11 is 5.84. The summed E-state index contributed by atoms with van der Waals surface area (Å²) in [5.41, 5.74) is 1.64. The van der Waals surface area contributed by atoms with Crippen LogP contribution in [-0.2, 0) is 14.8 Å². The highest BCUT2D eigenvalue weighted by Gasteiger charge is 2.32. The van der Waals surface area contributed by atoms with Gasteiger partial charge in [0.1, 0.15) is 12.1 Å². The molecule has 0 bridgehead atoms. The van der Waals surface area contributed by atoms with Gasteiger partial charge < -0.3 is 4.74 Å². The van der Waals surface area contributed by atoms with E-state index < -0.39 is 27.4 Å². The molecule has 1 N–H and O–H groups in total. The van der Waals surface area contributed by atoms with Gasteiger partial charge in [-0.25, -0.2) is 18.4 Å². The van der Waals surface area contributed by atoms with Gasteiger partial charge in [-0.05, 0) is 31.9 Å². The fourth-order valence-electron chi connectivity index (χ4n) is 3.22. The summed E-state index contributed by atoms with van der Waals surface area (Å²) in [7, 11) is -2.33. The van der Waals surface area contributed by atoms with Crippen LogP contribution in [0.3, 0.4) is 0 Å². The number of aromatic nitrogens is 6. The first kappa shape index (κ1) is 24.0. The molecule has 0 spiro atoms. The topological polar surface area (TPSA) is 125 Å². The van der Waals surface area contributed by atoms with Crippen LogP contribution in [0, 0.1) is 6.92 Å². The van der Waals surface area contributed by atoms with E-state index in [9.17, 15) is 8.42 Å². The second-order valence-electron chi connectivity index (χ2n) is 7.47. The molecule has 3 aromatic heterocycles. The Kier molecular flexibility index (Phi) is 7.42. The standard InChI is InChI=1S/C20H26ClN7O3S/c1-6-17(31-5)28-19(15-7-12(2)8-22-9-15)25-26-20(28)27-32(29,30)14(4)13(3)18-23-10-16(21)11-24-18/h7-11,13-14,17H,6H2,1-5H3,(H,26,27)/t13-,14-,17?/m0/s1. The van der Waals surface area contributed by atoms with Crippen LogP contribution in [0.15, 0.2) is 30.9 Å². The van der Waals surface area contributed by atoms with Crippen LogP contribution < -0.4 is 4.72 Å². The number of halogens is 1. The Hall–Kier alpha value is -2.63. The Balaban J connectivity index is 1.97. The Bertz CT molecular complexity index is 1160. The van der Waals surface area contributed by atoms with E-state index in [2.05, 4.69) is 29.9 Å². The van der Waals surface area contributed by atoms with Gasteiger partial charge in [-0.1, -0.05) is 25.4 Å². The Morgan fingerprint density at radius 2 is 1.84 bits per heavy atom. The van der Waals surface area contributed by atoms with Gasteiger partial charge in [-0.3, -0.25) is 14.3 Å². The van der Waals surface area contributed by atoms with E-state index in [-0.39, 0.29) is 5.95 Å². The average molecular weight is 480 g/mol. The summed E-state index contributed by atoms with van der Waals surface area (Å²) in [6.45, 7) is 7.17. The van der Waals surface area contributed by atoms with Gasteiger partial charge in [-0.2, -0.15) is 0 Å². The Labute approximate surface area is 192 Å². The van der Waals surface area contributed by atoms with Gasteiger partial charge in [-0.15, -0.1) is 10.2 Å². The largest absolute Gasteiger partial charge is 0.361 e. The van der Waals surface area contributed by atoms with Crippen LogP contribution in [0.25, 0.3) is 11.4 Å². The number of sulfonamides is 1. The van der Waals surface area contributed by atoms with E-state index in [1.165, 1.54) is 12.4 Å². The number of hydrogen-bond acceptors (Lipinski definition) is 8. The van der Waals surface area contributed by atoms with Gasteiger partial charge in [0.05, 0.1) is 10.3 Å². The van der Waals surface area contributed by atoms with E-state index in [0.717, 1.165) is 5.56 Å². The minimum absolute atomic E-state index is 0.0614. The first-order chi connectivity index (χ1) is 15.2. The SMILES string of the molecule is CCC(OC)n1c(NS(=O)(=O)[C@@H](C)[C@H](C)c2ncc(Cl)cn2)nnc1-c1cncc(C)c1. The van der Waals surface area contributed by atoms with E-state index in [4.69, 9.17) is 16.3 Å². The number of nitrogens with zero attached hydrogens (tertiary/aromatic N) is 6. The van der Waals surface area contributed by atoms with Crippen molar-refractivity contribution in [1.29, 1.82) is 0 Å². The second kappa shape index (κ2) is 9.88. The van der Waals surface area contributed by atoms with E-state index in [1.54, 1.807) is 37.9 Å². The van der Waals surface area contributed by atoms with Crippen molar-refractivity contribution in [3.8, 4) is 11.4 Å². The van der Waals surface area contributed by atoms with Crippen molar-refractivity contribution in [3.63, 3.8) is 0 Å². The predicted molar refractivity (Wildman–Crippen MR) is 122 cm³/mol. The van der Waals surface area contributed by atoms with Crippen LogP contribution in [0.5, 0.6) is 0 Å². The minimum Gasteiger partial charge on any atom is -0.361 e. The molecule has 0 aliphatic carbocycles. The number of aryl methyl sites for hydroxylation is 1. The van der Waals surface area contributed by atoms with Gasteiger partial charge >= 0.3 is 0 Å². The molecular weight excluding hydrogens is 454 g/mol. The third-order valence-electron chi connectivity index (χ3n) is 5.21. The number of pyridine rings is 1. The van der Waals surface area contributed by atoms with E-state index in [0.29, 0.717) is 28.7 Å². The molecular formula is C20H26ClN7O3S.